The Morgan fingerprint density at radius 3 is 2.40 bits per heavy atom. The van der Waals surface area contributed by atoms with Crippen molar-refractivity contribution in [1.82, 2.24) is 14.6 Å². The molecule has 0 bridgehead atoms. The highest BCUT2D eigenvalue weighted by atomic mass is 16.6. The van der Waals surface area contributed by atoms with Crippen LogP contribution in [-0.4, -0.2) is 58.9 Å². The Balaban J connectivity index is 1.41. The normalized spacial score (nSPS) is 17.5. The maximum atomic E-state index is 12.7. The van der Waals surface area contributed by atoms with Crippen molar-refractivity contribution in [2.45, 2.75) is 51.6 Å². The summed E-state index contributed by atoms with van der Waals surface area (Å²) >= 11 is 0. The number of nitrogens with one attached hydrogen (secondary N) is 1. The van der Waals surface area contributed by atoms with Crippen LogP contribution in [0.5, 0.6) is 17.2 Å². The number of carbonyl (C=O) groups excluding carboxylic acids is 2. The number of likely N-dealkylation sites (tertiary alicyclic amines) is 1. The molecule has 2 amide bonds. The lowest BCUT2D eigenvalue weighted by molar-refractivity contribution is 0.0170. The summed E-state index contributed by atoms with van der Waals surface area (Å²) in [6.07, 6.45) is 2.26. The number of amides is 2. The predicted octanol–water partition coefficient (Wildman–Crippen LogP) is 5.13. The minimum atomic E-state index is -0.565. The number of para-hydroxylation sites is 1. The molecule has 1 unspecified atom stereocenters. The lowest BCUT2D eigenvalue weighted by Crippen LogP contribution is -2.43. The van der Waals surface area contributed by atoms with Crippen LogP contribution in [0.4, 0.5) is 4.79 Å². The number of hydrogen-bond acceptors (Lipinski definition) is 7. The average Bonchev–Trinajstić information content (AvgIpc) is 3.33. The number of imidazole rings is 1. The zero-order valence-corrected chi connectivity index (χ0v) is 23.5. The summed E-state index contributed by atoms with van der Waals surface area (Å²) in [5.74, 6) is 2.41. The fourth-order valence-corrected chi connectivity index (χ4v) is 5.51. The highest BCUT2D eigenvalue weighted by molar-refractivity contribution is 5.98. The van der Waals surface area contributed by atoms with Gasteiger partial charge in [-0.05, 0) is 76.3 Å². The molecule has 2 aliphatic rings. The molecule has 0 saturated carbocycles. The second-order valence-corrected chi connectivity index (χ2v) is 11.3. The molecule has 0 aliphatic carbocycles. The van der Waals surface area contributed by atoms with Gasteiger partial charge in [0.05, 0.1) is 7.11 Å². The topological polar surface area (TPSA) is 121 Å². The molecule has 3 heterocycles. The molecule has 2 aliphatic heterocycles. The molecule has 0 spiro atoms. The Labute approximate surface area is 234 Å². The van der Waals surface area contributed by atoms with Crippen LogP contribution in [0.1, 0.15) is 62.3 Å². The van der Waals surface area contributed by atoms with Crippen LogP contribution in [0, 0.1) is 5.92 Å². The largest absolute Gasteiger partial charge is 0.493 e. The zero-order valence-electron chi connectivity index (χ0n) is 23.5. The van der Waals surface area contributed by atoms with E-state index in [4.69, 9.17) is 24.9 Å². The lowest BCUT2D eigenvalue weighted by Gasteiger charge is -2.38. The lowest BCUT2D eigenvalue weighted by atomic mass is 9.81. The molecule has 1 aromatic heterocycles. The smallest absolute Gasteiger partial charge is 0.410 e. The van der Waals surface area contributed by atoms with Crippen molar-refractivity contribution in [3.8, 4) is 28.5 Å². The third kappa shape index (κ3) is 5.71. The summed E-state index contributed by atoms with van der Waals surface area (Å²) in [5, 5.41) is 0. The molecular weight excluding hydrogens is 510 g/mol. The number of primary amides is 1. The number of hydrogen-bond donors (Lipinski definition) is 2. The highest BCUT2D eigenvalue weighted by Crippen LogP contribution is 2.41. The second kappa shape index (κ2) is 11.1. The van der Waals surface area contributed by atoms with Crippen molar-refractivity contribution in [3.05, 3.63) is 60.0 Å². The van der Waals surface area contributed by atoms with Crippen molar-refractivity contribution < 1.29 is 23.8 Å². The molecule has 3 N–H and O–H groups in total. The van der Waals surface area contributed by atoms with Crippen molar-refractivity contribution in [3.63, 3.8) is 0 Å². The van der Waals surface area contributed by atoms with Crippen LogP contribution < -0.4 is 20.6 Å². The molecule has 3 aromatic rings. The third-order valence-electron chi connectivity index (χ3n) is 7.36. The molecule has 1 atom stereocenters. The summed E-state index contributed by atoms with van der Waals surface area (Å²) in [6, 6.07) is 14.9. The summed E-state index contributed by atoms with van der Waals surface area (Å²) < 4.78 is 18.9. The fourth-order valence-electron chi connectivity index (χ4n) is 5.51. The first kappa shape index (κ1) is 27.4. The monoisotopic (exact) mass is 547 g/mol. The van der Waals surface area contributed by atoms with E-state index in [0.29, 0.717) is 59.8 Å². The van der Waals surface area contributed by atoms with Gasteiger partial charge in [-0.2, -0.15) is 0 Å². The van der Waals surface area contributed by atoms with E-state index in [-0.39, 0.29) is 12.0 Å². The number of fused-ring (bicyclic) bond motifs is 1. The Morgan fingerprint density at radius 1 is 1.02 bits per heavy atom. The molecule has 10 heteroatoms. The Bertz CT molecular complexity index is 1370. The van der Waals surface area contributed by atoms with Gasteiger partial charge in [-0.3, -0.25) is 4.79 Å². The summed E-state index contributed by atoms with van der Waals surface area (Å²) in [4.78, 5) is 32.0. The average molecular weight is 548 g/mol. The van der Waals surface area contributed by atoms with Crippen LogP contribution in [-0.2, 0) is 4.74 Å². The van der Waals surface area contributed by atoms with E-state index in [2.05, 4.69) is 5.43 Å². The first-order valence-electron chi connectivity index (χ1n) is 13.7. The fraction of sp³-hybridized carbons (Fsp3) is 0.433. The van der Waals surface area contributed by atoms with Crippen LogP contribution in [0.15, 0.2) is 48.5 Å². The van der Waals surface area contributed by atoms with E-state index < -0.39 is 11.5 Å². The van der Waals surface area contributed by atoms with E-state index in [0.717, 1.165) is 25.1 Å². The number of ether oxygens (including phenoxy) is 3. The number of methoxy groups -OCH3 is 1. The van der Waals surface area contributed by atoms with Crippen LogP contribution in [0.3, 0.4) is 0 Å². The molecule has 1 saturated heterocycles. The summed E-state index contributed by atoms with van der Waals surface area (Å²) in [6.45, 7) is 7.56. The van der Waals surface area contributed by atoms with Crippen molar-refractivity contribution in [2.24, 2.45) is 11.7 Å². The molecule has 40 heavy (non-hydrogen) atoms. The van der Waals surface area contributed by atoms with Gasteiger partial charge < -0.3 is 30.3 Å². The SMILES string of the molecule is COc1cc(-c2nc3n(c2C(N)=O)NCCC3C2CCN(C(=O)OC(C)(C)C)CC2)ccc1Oc1ccccc1. The molecule has 5 rings (SSSR count). The molecule has 1 fully saturated rings. The Kier molecular flexibility index (Phi) is 7.60. The molecular formula is C30H37N5O5. The van der Waals surface area contributed by atoms with E-state index >= 15 is 0 Å². The van der Waals surface area contributed by atoms with E-state index in [1.54, 1.807) is 16.7 Å². The Morgan fingerprint density at radius 2 is 1.75 bits per heavy atom. The second-order valence-electron chi connectivity index (χ2n) is 11.3. The summed E-state index contributed by atoms with van der Waals surface area (Å²) in [5.41, 5.74) is 10.2. The minimum Gasteiger partial charge on any atom is -0.493 e. The van der Waals surface area contributed by atoms with Crippen molar-refractivity contribution >= 4 is 12.0 Å². The minimum absolute atomic E-state index is 0.122. The number of rotatable bonds is 6. The first-order valence-corrected chi connectivity index (χ1v) is 13.7. The number of piperidine rings is 1. The molecule has 212 valence electrons. The molecule has 0 radical (unpaired) electrons. The molecule has 2 aromatic carbocycles. The number of carbonyl (C=O) groups is 2. The highest BCUT2D eigenvalue weighted by Gasteiger charge is 2.37. The number of benzene rings is 2. The predicted molar refractivity (Wildman–Crippen MR) is 151 cm³/mol. The van der Waals surface area contributed by atoms with Gasteiger partial charge in [0, 0.05) is 31.1 Å². The standard InChI is InChI=1S/C30H37N5O5/c1-30(2,3)40-29(37)34-16-13-19(14-17-34)22-12-15-32-35-26(27(31)36)25(33-28(22)35)20-10-11-23(24(18-20)38-4)39-21-8-6-5-7-9-21/h5-11,18-19,22,32H,12-17H2,1-4H3,(H2,31,36). The number of nitrogens with zero attached hydrogens (tertiary/aromatic N) is 3. The van der Waals surface area contributed by atoms with Gasteiger partial charge in [0.15, 0.2) is 17.2 Å². The van der Waals surface area contributed by atoms with Gasteiger partial charge >= 0.3 is 6.09 Å². The summed E-state index contributed by atoms with van der Waals surface area (Å²) in [7, 11) is 1.57. The van der Waals surface area contributed by atoms with Crippen LogP contribution in [0.25, 0.3) is 11.3 Å². The maximum absolute atomic E-state index is 12.7. The molecule has 10 nitrogen and oxygen atoms in total. The van der Waals surface area contributed by atoms with Gasteiger partial charge in [-0.1, -0.05) is 18.2 Å². The maximum Gasteiger partial charge on any atom is 0.410 e. The third-order valence-corrected chi connectivity index (χ3v) is 7.36. The van der Waals surface area contributed by atoms with Crippen molar-refractivity contribution in [2.75, 3.05) is 32.2 Å². The first-order chi connectivity index (χ1) is 19.1. The number of aromatic nitrogens is 2. The van der Waals surface area contributed by atoms with Gasteiger partial charge in [-0.25, -0.2) is 14.5 Å². The van der Waals surface area contributed by atoms with Gasteiger partial charge in [-0.15, -0.1) is 0 Å². The van der Waals surface area contributed by atoms with Crippen LogP contribution >= 0.6 is 0 Å². The van der Waals surface area contributed by atoms with Gasteiger partial charge in [0.2, 0.25) is 0 Å². The zero-order chi connectivity index (χ0) is 28.4. The number of nitrogens with two attached hydrogens (primary N) is 1. The van der Waals surface area contributed by atoms with E-state index in [1.165, 1.54) is 0 Å². The van der Waals surface area contributed by atoms with Crippen LogP contribution in [0.2, 0.25) is 0 Å². The van der Waals surface area contributed by atoms with Gasteiger partial charge in [0.1, 0.15) is 22.9 Å². The quantitative estimate of drug-likeness (QED) is 0.439. The van der Waals surface area contributed by atoms with E-state index in [9.17, 15) is 9.59 Å². The van der Waals surface area contributed by atoms with Crippen molar-refractivity contribution in [1.29, 1.82) is 0 Å². The van der Waals surface area contributed by atoms with E-state index in [1.807, 2.05) is 69.3 Å². The Hall–Kier alpha value is -4.21. The van der Waals surface area contributed by atoms with Gasteiger partial charge in [0.25, 0.3) is 5.91 Å².